The number of carbonyl (C=O) groups excluding carboxylic acids is 3. The van der Waals surface area contributed by atoms with Crippen molar-refractivity contribution >= 4 is 17.9 Å². The fourth-order valence-corrected chi connectivity index (χ4v) is 3.40. The van der Waals surface area contributed by atoms with E-state index in [1.54, 1.807) is 0 Å². The number of nitrogens with two attached hydrogens (primary N) is 1. The first-order chi connectivity index (χ1) is 14.0. The van der Waals surface area contributed by atoms with Crippen LogP contribution < -0.4 is 11.1 Å². The monoisotopic (exact) mass is 395 g/mol. The zero-order valence-electron chi connectivity index (χ0n) is 16.1. The predicted molar refractivity (Wildman–Crippen MR) is 108 cm³/mol. The molecule has 2 aromatic rings. The van der Waals surface area contributed by atoms with Crippen molar-refractivity contribution in [2.75, 3.05) is 6.54 Å². The van der Waals surface area contributed by atoms with Crippen LogP contribution in [0.25, 0.3) is 0 Å². The van der Waals surface area contributed by atoms with E-state index in [9.17, 15) is 14.4 Å². The van der Waals surface area contributed by atoms with Crippen LogP contribution in [-0.4, -0.2) is 41.4 Å². The van der Waals surface area contributed by atoms with Crippen LogP contribution in [0.1, 0.15) is 24.0 Å². The van der Waals surface area contributed by atoms with Crippen LogP contribution >= 0.6 is 0 Å². The first-order valence-corrected chi connectivity index (χ1v) is 9.65. The van der Waals surface area contributed by atoms with Gasteiger partial charge in [0.05, 0.1) is 0 Å². The van der Waals surface area contributed by atoms with Crippen molar-refractivity contribution in [1.29, 1.82) is 0 Å². The van der Waals surface area contributed by atoms with Gasteiger partial charge in [0.25, 0.3) is 0 Å². The third-order valence-electron chi connectivity index (χ3n) is 4.94. The molecule has 1 aliphatic heterocycles. The normalized spacial score (nSPS) is 16.8. The second-order valence-electron chi connectivity index (χ2n) is 7.04. The van der Waals surface area contributed by atoms with Crippen molar-refractivity contribution in [3.8, 4) is 0 Å². The molecule has 1 heterocycles. The second-order valence-corrected chi connectivity index (χ2v) is 7.04. The molecule has 0 aliphatic carbocycles. The molecule has 3 amide bonds. The zero-order valence-corrected chi connectivity index (χ0v) is 16.1. The molecule has 0 radical (unpaired) electrons. The van der Waals surface area contributed by atoms with E-state index < -0.39 is 24.1 Å². The molecule has 0 saturated carbocycles. The summed E-state index contributed by atoms with van der Waals surface area (Å²) in [5.74, 6) is -1.00. The van der Waals surface area contributed by atoms with Crippen molar-refractivity contribution in [1.82, 2.24) is 10.2 Å². The van der Waals surface area contributed by atoms with E-state index in [0.29, 0.717) is 25.8 Å². The van der Waals surface area contributed by atoms with Gasteiger partial charge in [0.15, 0.2) is 0 Å². The maximum atomic E-state index is 12.8. The lowest BCUT2D eigenvalue weighted by Gasteiger charge is -2.25. The van der Waals surface area contributed by atoms with Gasteiger partial charge in [0, 0.05) is 13.0 Å². The minimum atomic E-state index is -0.840. The van der Waals surface area contributed by atoms with Gasteiger partial charge in [0.1, 0.15) is 18.7 Å². The highest BCUT2D eigenvalue weighted by Crippen LogP contribution is 2.19. The Labute approximate surface area is 169 Å². The molecule has 3 rings (SSSR count). The Morgan fingerprint density at radius 1 is 1.03 bits per heavy atom. The molecule has 1 aliphatic rings. The quantitative estimate of drug-likeness (QED) is 0.749. The van der Waals surface area contributed by atoms with Gasteiger partial charge in [0.2, 0.25) is 11.8 Å². The summed E-state index contributed by atoms with van der Waals surface area (Å²) in [5, 5.41) is 2.70. The molecule has 1 saturated heterocycles. The molecule has 2 unspecified atom stereocenters. The summed E-state index contributed by atoms with van der Waals surface area (Å²) in [6.07, 6.45) is 0.972. The number of primary amides is 1. The number of amides is 3. The molecule has 7 nitrogen and oxygen atoms in total. The van der Waals surface area contributed by atoms with Gasteiger partial charge in [-0.05, 0) is 24.0 Å². The Kier molecular flexibility index (Phi) is 6.84. The largest absolute Gasteiger partial charge is 0.445 e. The van der Waals surface area contributed by atoms with Crippen LogP contribution in [0, 0.1) is 0 Å². The molecule has 3 N–H and O–H groups in total. The molecule has 2 atom stereocenters. The van der Waals surface area contributed by atoms with Gasteiger partial charge in [-0.25, -0.2) is 4.79 Å². The number of rotatable bonds is 7. The summed E-state index contributed by atoms with van der Waals surface area (Å²) >= 11 is 0. The molecular weight excluding hydrogens is 370 g/mol. The summed E-state index contributed by atoms with van der Waals surface area (Å²) in [6, 6.07) is 17.2. The van der Waals surface area contributed by atoms with E-state index in [-0.39, 0.29) is 12.5 Å². The van der Waals surface area contributed by atoms with E-state index in [4.69, 9.17) is 10.5 Å². The Bertz CT molecular complexity index is 842. The maximum absolute atomic E-state index is 12.8. The lowest BCUT2D eigenvalue weighted by Crippen LogP contribution is -2.53. The minimum Gasteiger partial charge on any atom is -0.445 e. The number of nitrogens with zero attached hydrogens (tertiary/aromatic N) is 1. The third-order valence-corrected chi connectivity index (χ3v) is 4.94. The molecule has 0 spiro atoms. The summed E-state index contributed by atoms with van der Waals surface area (Å²) in [7, 11) is 0. The van der Waals surface area contributed by atoms with Gasteiger partial charge < -0.3 is 15.8 Å². The minimum absolute atomic E-state index is 0.141. The van der Waals surface area contributed by atoms with Crippen molar-refractivity contribution in [2.45, 2.75) is 38.0 Å². The van der Waals surface area contributed by atoms with Crippen LogP contribution in [0.15, 0.2) is 60.7 Å². The molecule has 2 aromatic carbocycles. The Morgan fingerprint density at radius 2 is 1.66 bits per heavy atom. The average Bonchev–Trinajstić information content (AvgIpc) is 3.23. The number of nitrogens with one attached hydrogen (secondary N) is 1. The van der Waals surface area contributed by atoms with E-state index in [1.807, 2.05) is 60.7 Å². The molecule has 0 bridgehead atoms. The SMILES string of the molecule is NC(=O)C(Cc1ccccc1)NC(=O)C1CCCN1C(=O)OCc1ccccc1. The van der Waals surface area contributed by atoms with Gasteiger partial charge in [-0.1, -0.05) is 60.7 Å². The highest BCUT2D eigenvalue weighted by atomic mass is 16.6. The number of ether oxygens (including phenoxy) is 1. The molecular formula is C22H25N3O4. The van der Waals surface area contributed by atoms with Crippen LogP contribution in [0.5, 0.6) is 0 Å². The van der Waals surface area contributed by atoms with Gasteiger partial charge in [-0.15, -0.1) is 0 Å². The van der Waals surface area contributed by atoms with Gasteiger partial charge >= 0.3 is 6.09 Å². The lowest BCUT2D eigenvalue weighted by atomic mass is 10.0. The first kappa shape index (κ1) is 20.4. The zero-order chi connectivity index (χ0) is 20.6. The molecule has 29 heavy (non-hydrogen) atoms. The highest BCUT2D eigenvalue weighted by molar-refractivity contribution is 5.91. The predicted octanol–water partition coefficient (Wildman–Crippen LogP) is 2.00. The third kappa shape index (κ3) is 5.57. The smallest absolute Gasteiger partial charge is 0.410 e. The van der Waals surface area contributed by atoms with E-state index in [0.717, 1.165) is 11.1 Å². The molecule has 7 heteroatoms. The highest BCUT2D eigenvalue weighted by Gasteiger charge is 2.36. The van der Waals surface area contributed by atoms with E-state index in [2.05, 4.69) is 5.32 Å². The topological polar surface area (TPSA) is 102 Å². The van der Waals surface area contributed by atoms with E-state index >= 15 is 0 Å². The van der Waals surface area contributed by atoms with Crippen LogP contribution in [0.3, 0.4) is 0 Å². The number of hydrogen-bond donors (Lipinski definition) is 2. The fraction of sp³-hybridized carbons (Fsp3) is 0.318. The van der Waals surface area contributed by atoms with Crippen LogP contribution in [0.4, 0.5) is 4.79 Å². The van der Waals surface area contributed by atoms with Gasteiger partial charge in [-0.2, -0.15) is 0 Å². The fourth-order valence-electron chi connectivity index (χ4n) is 3.40. The first-order valence-electron chi connectivity index (χ1n) is 9.65. The van der Waals surface area contributed by atoms with Gasteiger partial charge in [-0.3, -0.25) is 14.5 Å². The number of carbonyl (C=O) groups is 3. The number of likely N-dealkylation sites (tertiary alicyclic amines) is 1. The second kappa shape index (κ2) is 9.73. The summed E-state index contributed by atoms with van der Waals surface area (Å²) in [5.41, 5.74) is 7.24. The molecule has 1 fully saturated rings. The Morgan fingerprint density at radius 3 is 2.28 bits per heavy atom. The van der Waals surface area contributed by atoms with Crippen molar-refractivity contribution < 1.29 is 19.1 Å². The Hall–Kier alpha value is -3.35. The summed E-state index contributed by atoms with van der Waals surface area (Å²) < 4.78 is 5.36. The van der Waals surface area contributed by atoms with Crippen LogP contribution in [0.2, 0.25) is 0 Å². The number of benzene rings is 2. The standard InChI is InChI=1S/C22H25N3O4/c23-20(26)18(14-16-8-3-1-4-9-16)24-21(27)19-12-7-13-25(19)22(28)29-15-17-10-5-2-6-11-17/h1-6,8-11,18-19H,7,12-15H2,(H2,23,26)(H,24,27). The maximum Gasteiger partial charge on any atom is 0.410 e. The van der Waals surface area contributed by atoms with E-state index in [1.165, 1.54) is 4.90 Å². The van der Waals surface area contributed by atoms with Crippen molar-refractivity contribution in [2.24, 2.45) is 5.73 Å². The average molecular weight is 395 g/mol. The molecule has 152 valence electrons. The van der Waals surface area contributed by atoms with Crippen molar-refractivity contribution in [3.05, 3.63) is 71.8 Å². The number of hydrogen-bond acceptors (Lipinski definition) is 4. The summed E-state index contributed by atoms with van der Waals surface area (Å²) in [4.78, 5) is 38.5. The molecule has 0 aromatic heterocycles. The summed E-state index contributed by atoms with van der Waals surface area (Å²) in [6.45, 7) is 0.577. The lowest BCUT2D eigenvalue weighted by molar-refractivity contribution is -0.130. The Balaban J connectivity index is 1.59. The van der Waals surface area contributed by atoms with Crippen molar-refractivity contribution in [3.63, 3.8) is 0 Å². The van der Waals surface area contributed by atoms with Crippen LogP contribution in [-0.2, 0) is 27.4 Å².